The maximum Gasteiger partial charge on any atom is 0.322 e. The van der Waals surface area contributed by atoms with Crippen LogP contribution in [0, 0.1) is 6.92 Å². The van der Waals surface area contributed by atoms with Gasteiger partial charge in [-0.3, -0.25) is 0 Å². The maximum atomic E-state index is 5.70. The molecule has 5 nitrogen and oxygen atoms in total. The number of ether oxygens (including phenoxy) is 2. The Hall–Kier alpha value is -1.66. The van der Waals surface area contributed by atoms with Gasteiger partial charge >= 0.3 is 6.01 Å². The highest BCUT2D eigenvalue weighted by Crippen LogP contribution is 2.31. The quantitative estimate of drug-likeness (QED) is 0.863. The summed E-state index contributed by atoms with van der Waals surface area (Å²) in [6.07, 6.45) is 1.79. The van der Waals surface area contributed by atoms with Crippen LogP contribution in [0.5, 0.6) is 17.5 Å². The van der Waals surface area contributed by atoms with Gasteiger partial charge in [0.25, 0.3) is 0 Å². The highest BCUT2D eigenvalue weighted by molar-refractivity contribution is 9.10. The number of aryl methyl sites for hydroxylation is 1. The average molecular weight is 352 g/mol. The molecule has 1 N–H and O–H groups in total. The molecular formula is C15H18BrN3O2. The van der Waals surface area contributed by atoms with Gasteiger partial charge in [0.1, 0.15) is 11.5 Å². The van der Waals surface area contributed by atoms with E-state index in [-0.39, 0.29) is 0 Å². The van der Waals surface area contributed by atoms with Crippen LogP contribution >= 0.6 is 15.9 Å². The lowest BCUT2D eigenvalue weighted by Gasteiger charge is -2.10. The Bertz CT molecular complexity index is 620. The van der Waals surface area contributed by atoms with Crippen LogP contribution in [-0.2, 0) is 6.54 Å². The largest absolute Gasteiger partial charge is 0.497 e. The highest BCUT2D eigenvalue weighted by atomic mass is 79.9. The molecule has 0 aliphatic heterocycles. The Morgan fingerprint density at radius 1 is 1.33 bits per heavy atom. The second kappa shape index (κ2) is 7.38. The third-order valence-corrected chi connectivity index (χ3v) is 3.58. The van der Waals surface area contributed by atoms with E-state index < -0.39 is 0 Å². The lowest BCUT2D eigenvalue weighted by Crippen LogP contribution is -2.13. The first-order valence-electron chi connectivity index (χ1n) is 6.68. The first-order chi connectivity index (χ1) is 10.1. The molecule has 1 aromatic carbocycles. The summed E-state index contributed by atoms with van der Waals surface area (Å²) in [5.74, 6) is 1.40. The number of nitrogens with zero attached hydrogens (tertiary/aromatic N) is 2. The van der Waals surface area contributed by atoms with Gasteiger partial charge in [0.05, 0.1) is 11.6 Å². The molecule has 0 saturated carbocycles. The first kappa shape index (κ1) is 15.7. The van der Waals surface area contributed by atoms with Gasteiger partial charge < -0.3 is 14.8 Å². The van der Waals surface area contributed by atoms with Gasteiger partial charge in [0.15, 0.2) is 0 Å². The summed E-state index contributed by atoms with van der Waals surface area (Å²) >= 11 is 3.44. The predicted octanol–water partition coefficient (Wildman–Crippen LogP) is 3.46. The Morgan fingerprint density at radius 2 is 2.14 bits per heavy atom. The minimum Gasteiger partial charge on any atom is -0.497 e. The average Bonchev–Trinajstić information content (AvgIpc) is 2.48. The van der Waals surface area contributed by atoms with Crippen molar-refractivity contribution in [2.24, 2.45) is 0 Å². The third kappa shape index (κ3) is 4.15. The van der Waals surface area contributed by atoms with Crippen molar-refractivity contribution >= 4 is 15.9 Å². The van der Waals surface area contributed by atoms with Crippen molar-refractivity contribution in [3.05, 3.63) is 40.1 Å². The number of hydrogen-bond acceptors (Lipinski definition) is 5. The van der Waals surface area contributed by atoms with Crippen LogP contribution in [0.2, 0.25) is 0 Å². The first-order valence-corrected chi connectivity index (χ1v) is 7.48. The molecule has 0 amide bonds. The fourth-order valence-electron chi connectivity index (χ4n) is 1.74. The van der Waals surface area contributed by atoms with Crippen molar-refractivity contribution in [3.8, 4) is 17.5 Å². The molecule has 1 aromatic heterocycles. The van der Waals surface area contributed by atoms with Gasteiger partial charge in [0.2, 0.25) is 0 Å². The molecule has 0 saturated heterocycles. The van der Waals surface area contributed by atoms with E-state index in [4.69, 9.17) is 9.47 Å². The maximum absolute atomic E-state index is 5.70. The lowest BCUT2D eigenvalue weighted by atomic mass is 10.2. The number of halogens is 1. The molecule has 0 spiro atoms. The fourth-order valence-corrected chi connectivity index (χ4v) is 2.18. The van der Waals surface area contributed by atoms with E-state index in [1.807, 2.05) is 25.1 Å². The van der Waals surface area contributed by atoms with Crippen LogP contribution in [0.25, 0.3) is 0 Å². The van der Waals surface area contributed by atoms with E-state index >= 15 is 0 Å². The monoisotopic (exact) mass is 351 g/mol. The smallest absolute Gasteiger partial charge is 0.322 e. The van der Waals surface area contributed by atoms with Crippen molar-refractivity contribution < 1.29 is 9.47 Å². The minimum absolute atomic E-state index is 0.332. The summed E-state index contributed by atoms with van der Waals surface area (Å²) in [5.41, 5.74) is 1.98. The molecule has 1 heterocycles. The molecule has 0 fully saturated rings. The van der Waals surface area contributed by atoms with Crippen LogP contribution in [-0.4, -0.2) is 23.6 Å². The zero-order valence-corrected chi connectivity index (χ0v) is 13.9. The van der Waals surface area contributed by atoms with Crippen molar-refractivity contribution in [2.45, 2.75) is 20.4 Å². The van der Waals surface area contributed by atoms with E-state index in [2.05, 4.69) is 38.1 Å². The van der Waals surface area contributed by atoms with Crippen molar-refractivity contribution in [1.82, 2.24) is 15.3 Å². The molecule has 112 valence electrons. The summed E-state index contributed by atoms with van der Waals surface area (Å²) in [4.78, 5) is 8.63. The van der Waals surface area contributed by atoms with Gasteiger partial charge in [0, 0.05) is 24.0 Å². The van der Waals surface area contributed by atoms with Crippen molar-refractivity contribution in [3.63, 3.8) is 0 Å². The standard InChI is InChI=1S/C15H18BrN3O2/c1-4-17-8-11-9-18-15(19-10(11)2)21-14-6-5-12(20-3)7-13(14)16/h5-7,9,17H,4,8H2,1-3H3. The summed E-state index contributed by atoms with van der Waals surface area (Å²) in [7, 11) is 1.62. The van der Waals surface area contributed by atoms with Crippen LogP contribution in [0.1, 0.15) is 18.2 Å². The second-order valence-electron chi connectivity index (χ2n) is 4.44. The summed E-state index contributed by atoms with van der Waals surface area (Å²) < 4.78 is 11.6. The van der Waals surface area contributed by atoms with Gasteiger partial charge in [-0.05, 0) is 47.6 Å². The highest BCUT2D eigenvalue weighted by Gasteiger charge is 2.08. The van der Waals surface area contributed by atoms with Crippen LogP contribution < -0.4 is 14.8 Å². The summed E-state index contributed by atoms with van der Waals surface area (Å²) in [5, 5.41) is 3.25. The third-order valence-electron chi connectivity index (χ3n) is 2.96. The molecule has 6 heteroatoms. The Labute approximate surface area is 132 Å². The number of nitrogens with one attached hydrogen (secondary N) is 1. The predicted molar refractivity (Wildman–Crippen MR) is 84.9 cm³/mol. The van der Waals surface area contributed by atoms with E-state index in [0.717, 1.165) is 34.6 Å². The number of rotatable bonds is 6. The molecule has 0 atom stereocenters. The minimum atomic E-state index is 0.332. The number of methoxy groups -OCH3 is 1. The van der Waals surface area contributed by atoms with Crippen LogP contribution in [0.3, 0.4) is 0 Å². The zero-order chi connectivity index (χ0) is 15.2. The SMILES string of the molecule is CCNCc1cnc(Oc2ccc(OC)cc2Br)nc1C. The number of hydrogen-bond donors (Lipinski definition) is 1. The van der Waals surface area contributed by atoms with Gasteiger partial charge in [-0.2, -0.15) is 4.98 Å². The Balaban J connectivity index is 2.14. The Morgan fingerprint density at radius 3 is 2.76 bits per heavy atom. The molecule has 0 unspecified atom stereocenters. The van der Waals surface area contributed by atoms with Gasteiger partial charge in [-0.1, -0.05) is 6.92 Å². The van der Waals surface area contributed by atoms with E-state index in [9.17, 15) is 0 Å². The normalized spacial score (nSPS) is 10.5. The molecule has 2 rings (SSSR count). The Kier molecular flexibility index (Phi) is 5.52. The molecule has 0 radical (unpaired) electrons. The van der Waals surface area contributed by atoms with Gasteiger partial charge in [-0.25, -0.2) is 4.98 Å². The molecule has 21 heavy (non-hydrogen) atoms. The summed E-state index contributed by atoms with van der Waals surface area (Å²) in [6, 6.07) is 5.81. The van der Waals surface area contributed by atoms with Crippen LogP contribution in [0.4, 0.5) is 0 Å². The van der Waals surface area contributed by atoms with Crippen molar-refractivity contribution in [1.29, 1.82) is 0 Å². The molecule has 2 aromatic rings. The van der Waals surface area contributed by atoms with E-state index in [0.29, 0.717) is 11.8 Å². The van der Waals surface area contributed by atoms with E-state index in [1.165, 1.54) is 0 Å². The molecule has 0 aliphatic rings. The van der Waals surface area contributed by atoms with Gasteiger partial charge in [-0.15, -0.1) is 0 Å². The number of benzene rings is 1. The van der Waals surface area contributed by atoms with Crippen molar-refractivity contribution in [2.75, 3.05) is 13.7 Å². The number of aromatic nitrogens is 2. The van der Waals surface area contributed by atoms with Crippen LogP contribution in [0.15, 0.2) is 28.9 Å². The fraction of sp³-hybridized carbons (Fsp3) is 0.333. The zero-order valence-electron chi connectivity index (χ0n) is 12.3. The topological polar surface area (TPSA) is 56.3 Å². The second-order valence-corrected chi connectivity index (χ2v) is 5.30. The molecule has 0 bridgehead atoms. The lowest BCUT2D eigenvalue weighted by molar-refractivity contribution is 0.409. The molecular weight excluding hydrogens is 334 g/mol. The summed E-state index contributed by atoms with van der Waals surface area (Å²) in [6.45, 7) is 5.69. The molecule has 0 aliphatic carbocycles. The van der Waals surface area contributed by atoms with E-state index in [1.54, 1.807) is 13.3 Å².